The average molecular weight is 373 g/mol. The van der Waals surface area contributed by atoms with E-state index in [4.69, 9.17) is 0 Å². The van der Waals surface area contributed by atoms with E-state index >= 15 is 0 Å². The van der Waals surface area contributed by atoms with Crippen LogP contribution in [0.4, 0.5) is 10.1 Å². The third-order valence-electron chi connectivity index (χ3n) is 2.28. The molecule has 0 aliphatic heterocycles. The summed E-state index contributed by atoms with van der Waals surface area (Å²) in [6.07, 6.45) is 1.53. The van der Waals surface area contributed by atoms with Crippen LogP contribution in [0.1, 0.15) is 5.56 Å². The molecular weight excluding hydrogens is 365 g/mol. The summed E-state index contributed by atoms with van der Waals surface area (Å²) in [6.45, 7) is 0. The van der Waals surface area contributed by atoms with E-state index in [2.05, 4.69) is 36.9 Å². The zero-order valence-electron chi connectivity index (χ0n) is 9.07. The number of phenolic OH excluding ortho intramolecular Hbond substituents is 1. The maximum Gasteiger partial charge on any atom is 0.139 e. The predicted molar refractivity (Wildman–Crippen MR) is 77.2 cm³/mol. The summed E-state index contributed by atoms with van der Waals surface area (Å²) < 4.78 is 14.0. The molecule has 92 valence electrons. The molecule has 0 atom stereocenters. The minimum absolute atomic E-state index is 0.107. The molecule has 0 spiro atoms. The first-order valence-corrected chi connectivity index (χ1v) is 6.63. The minimum Gasteiger partial charge on any atom is -0.506 e. The summed E-state index contributed by atoms with van der Waals surface area (Å²) in [6, 6.07) is 9.33. The zero-order chi connectivity index (χ0) is 13.1. The van der Waals surface area contributed by atoms with E-state index in [0.717, 1.165) is 4.47 Å². The first-order chi connectivity index (χ1) is 8.58. The molecule has 0 saturated heterocycles. The molecule has 2 aromatic rings. The standard InChI is InChI=1S/C13H8Br2FNO/c14-11-5-6-12(15)13(18)10(11)7-17-9-3-1-8(16)2-4-9/h1-7,18H. The van der Waals surface area contributed by atoms with Gasteiger partial charge in [-0.1, -0.05) is 0 Å². The summed E-state index contributed by atoms with van der Waals surface area (Å²) in [5.41, 5.74) is 1.18. The first-order valence-electron chi connectivity index (χ1n) is 5.04. The van der Waals surface area contributed by atoms with Crippen LogP contribution in [0, 0.1) is 5.82 Å². The number of rotatable bonds is 2. The molecule has 0 fully saturated rings. The lowest BCUT2D eigenvalue weighted by molar-refractivity contribution is 0.470. The minimum atomic E-state index is -0.305. The van der Waals surface area contributed by atoms with Crippen molar-refractivity contribution >= 4 is 43.8 Å². The van der Waals surface area contributed by atoms with Crippen LogP contribution < -0.4 is 0 Å². The predicted octanol–water partition coefficient (Wildman–Crippen LogP) is 4.81. The van der Waals surface area contributed by atoms with Gasteiger partial charge in [-0.15, -0.1) is 0 Å². The van der Waals surface area contributed by atoms with Gasteiger partial charge in [0.25, 0.3) is 0 Å². The fourth-order valence-corrected chi connectivity index (χ4v) is 2.11. The second-order valence-electron chi connectivity index (χ2n) is 3.53. The van der Waals surface area contributed by atoms with Crippen LogP contribution in [0.25, 0.3) is 0 Å². The molecule has 0 aliphatic carbocycles. The molecule has 2 nitrogen and oxygen atoms in total. The van der Waals surface area contributed by atoms with Gasteiger partial charge in [-0.2, -0.15) is 0 Å². The lowest BCUT2D eigenvalue weighted by Gasteiger charge is -2.03. The smallest absolute Gasteiger partial charge is 0.139 e. The van der Waals surface area contributed by atoms with E-state index in [-0.39, 0.29) is 11.6 Å². The van der Waals surface area contributed by atoms with E-state index in [1.807, 2.05) is 0 Å². The highest BCUT2D eigenvalue weighted by molar-refractivity contribution is 9.11. The summed E-state index contributed by atoms with van der Waals surface area (Å²) in [7, 11) is 0. The second kappa shape index (κ2) is 5.63. The number of halogens is 3. The van der Waals surface area contributed by atoms with Crippen molar-refractivity contribution in [3.8, 4) is 5.75 Å². The number of hydrogen-bond donors (Lipinski definition) is 1. The van der Waals surface area contributed by atoms with Crippen molar-refractivity contribution in [2.24, 2.45) is 4.99 Å². The van der Waals surface area contributed by atoms with Crippen molar-refractivity contribution < 1.29 is 9.50 Å². The van der Waals surface area contributed by atoms with Crippen LogP contribution >= 0.6 is 31.9 Å². The van der Waals surface area contributed by atoms with Gasteiger partial charge in [0.2, 0.25) is 0 Å². The lowest BCUT2D eigenvalue weighted by atomic mass is 10.2. The van der Waals surface area contributed by atoms with Gasteiger partial charge in [-0.05, 0) is 68.3 Å². The Bertz CT molecular complexity index is 597. The van der Waals surface area contributed by atoms with Crippen LogP contribution in [-0.2, 0) is 0 Å². The number of hydrogen-bond acceptors (Lipinski definition) is 2. The fraction of sp³-hybridized carbons (Fsp3) is 0. The molecule has 0 aromatic heterocycles. The van der Waals surface area contributed by atoms with Crippen molar-refractivity contribution in [2.75, 3.05) is 0 Å². The van der Waals surface area contributed by atoms with Gasteiger partial charge in [0.15, 0.2) is 0 Å². The van der Waals surface area contributed by atoms with Crippen LogP contribution in [0.15, 0.2) is 50.3 Å². The maximum absolute atomic E-state index is 12.7. The van der Waals surface area contributed by atoms with Gasteiger partial charge >= 0.3 is 0 Å². The Balaban J connectivity index is 2.34. The van der Waals surface area contributed by atoms with Gasteiger partial charge in [-0.3, -0.25) is 4.99 Å². The molecule has 0 saturated carbocycles. The van der Waals surface area contributed by atoms with Crippen LogP contribution in [-0.4, -0.2) is 11.3 Å². The highest BCUT2D eigenvalue weighted by atomic mass is 79.9. The van der Waals surface area contributed by atoms with Gasteiger partial charge < -0.3 is 5.11 Å². The van der Waals surface area contributed by atoms with E-state index < -0.39 is 0 Å². The van der Waals surface area contributed by atoms with Crippen LogP contribution in [0.5, 0.6) is 5.75 Å². The Kier molecular flexibility index (Phi) is 4.14. The largest absolute Gasteiger partial charge is 0.506 e. The van der Waals surface area contributed by atoms with Gasteiger partial charge in [0.1, 0.15) is 11.6 Å². The monoisotopic (exact) mass is 371 g/mol. The van der Waals surface area contributed by atoms with Crippen molar-refractivity contribution in [1.29, 1.82) is 0 Å². The molecule has 0 bridgehead atoms. The Morgan fingerprint density at radius 2 is 1.61 bits per heavy atom. The molecule has 1 N–H and O–H groups in total. The number of aromatic hydroxyl groups is 1. The Labute approximate surface area is 120 Å². The van der Waals surface area contributed by atoms with E-state index in [1.54, 1.807) is 24.3 Å². The molecule has 0 heterocycles. The fourth-order valence-electron chi connectivity index (χ4n) is 1.35. The van der Waals surface area contributed by atoms with E-state index in [0.29, 0.717) is 15.7 Å². The summed E-state index contributed by atoms with van der Waals surface area (Å²) in [5.74, 6) is -0.198. The molecule has 18 heavy (non-hydrogen) atoms. The topological polar surface area (TPSA) is 32.6 Å². The molecule has 0 unspecified atom stereocenters. The van der Waals surface area contributed by atoms with Crippen LogP contribution in [0.2, 0.25) is 0 Å². The van der Waals surface area contributed by atoms with E-state index in [1.165, 1.54) is 18.3 Å². The van der Waals surface area contributed by atoms with Gasteiger partial charge in [0.05, 0.1) is 10.2 Å². The van der Waals surface area contributed by atoms with Crippen molar-refractivity contribution in [1.82, 2.24) is 0 Å². The molecular formula is C13H8Br2FNO. The number of phenols is 1. The van der Waals surface area contributed by atoms with Crippen molar-refractivity contribution in [2.45, 2.75) is 0 Å². The average Bonchev–Trinajstić information content (AvgIpc) is 2.36. The second-order valence-corrected chi connectivity index (χ2v) is 5.23. The quantitative estimate of drug-likeness (QED) is 0.754. The summed E-state index contributed by atoms with van der Waals surface area (Å²) in [5, 5.41) is 9.87. The Morgan fingerprint density at radius 3 is 2.28 bits per heavy atom. The van der Waals surface area contributed by atoms with Gasteiger partial charge in [-0.25, -0.2) is 4.39 Å². The van der Waals surface area contributed by atoms with Crippen LogP contribution in [0.3, 0.4) is 0 Å². The van der Waals surface area contributed by atoms with Gasteiger partial charge in [0, 0.05) is 16.3 Å². The number of aliphatic imine (C=N–C) groups is 1. The van der Waals surface area contributed by atoms with E-state index in [9.17, 15) is 9.50 Å². The molecule has 2 rings (SSSR count). The van der Waals surface area contributed by atoms with Crippen molar-refractivity contribution in [3.05, 3.63) is 56.7 Å². The summed E-state index contributed by atoms with van der Waals surface area (Å²) in [4.78, 5) is 4.18. The normalized spacial score (nSPS) is 11.1. The summed E-state index contributed by atoms with van der Waals surface area (Å²) >= 11 is 6.57. The Morgan fingerprint density at radius 1 is 1.00 bits per heavy atom. The highest BCUT2D eigenvalue weighted by Crippen LogP contribution is 2.32. The third kappa shape index (κ3) is 2.97. The van der Waals surface area contributed by atoms with Crippen molar-refractivity contribution in [3.63, 3.8) is 0 Å². The number of nitrogens with zero attached hydrogens (tertiary/aromatic N) is 1. The zero-order valence-corrected chi connectivity index (χ0v) is 12.2. The Hall–Kier alpha value is -1.20. The molecule has 2 aromatic carbocycles. The lowest BCUT2D eigenvalue weighted by Crippen LogP contribution is -1.85. The third-order valence-corrected chi connectivity index (χ3v) is 3.62. The highest BCUT2D eigenvalue weighted by Gasteiger charge is 2.07. The molecule has 0 aliphatic rings. The first kappa shape index (κ1) is 13.2. The SMILES string of the molecule is Oc1c(Br)ccc(Br)c1C=Nc1ccc(F)cc1. The molecule has 0 radical (unpaired) electrons. The maximum atomic E-state index is 12.7. The molecule has 0 amide bonds. The number of benzene rings is 2. The molecule has 5 heteroatoms.